The minimum absolute atomic E-state index is 0.180. The summed E-state index contributed by atoms with van der Waals surface area (Å²) in [5.74, 6) is 3.63. The van der Waals surface area contributed by atoms with Crippen molar-refractivity contribution >= 4 is 23.5 Å². The number of thioether (sulfide) groups is 1. The Balaban J connectivity index is 1.88. The number of anilines is 1. The Bertz CT molecular complexity index is 393. The highest BCUT2D eigenvalue weighted by Crippen LogP contribution is 2.20. The van der Waals surface area contributed by atoms with Gasteiger partial charge < -0.3 is 9.88 Å². The highest BCUT2D eigenvalue weighted by atomic mass is 32.2. The van der Waals surface area contributed by atoms with E-state index in [0.29, 0.717) is 5.75 Å². The van der Waals surface area contributed by atoms with Gasteiger partial charge in [0, 0.05) is 31.6 Å². The minimum Gasteiger partial charge on any atom is -0.330 e. The summed E-state index contributed by atoms with van der Waals surface area (Å²) in [6.07, 6.45) is 2.00. The number of rotatable bonds is 1. The summed E-state index contributed by atoms with van der Waals surface area (Å²) in [6.45, 7) is 3.51. The van der Waals surface area contributed by atoms with Crippen LogP contribution >= 0.6 is 11.8 Å². The van der Waals surface area contributed by atoms with E-state index in [1.807, 2.05) is 11.1 Å². The van der Waals surface area contributed by atoms with Gasteiger partial charge in [-0.3, -0.25) is 9.69 Å². The molecule has 1 aromatic rings. The molecule has 0 aromatic carbocycles. The van der Waals surface area contributed by atoms with Crippen LogP contribution in [0.5, 0.6) is 0 Å². The summed E-state index contributed by atoms with van der Waals surface area (Å²) in [7, 11) is 0. The third-order valence-corrected chi connectivity index (χ3v) is 3.84. The Morgan fingerprint density at radius 1 is 1.44 bits per heavy atom. The first-order chi connectivity index (χ1) is 7.84. The minimum atomic E-state index is 0.180. The van der Waals surface area contributed by atoms with E-state index in [1.54, 1.807) is 11.8 Å². The van der Waals surface area contributed by atoms with Crippen LogP contribution in [0.25, 0.3) is 0 Å². The van der Waals surface area contributed by atoms with Gasteiger partial charge in [-0.1, -0.05) is 0 Å². The van der Waals surface area contributed by atoms with E-state index < -0.39 is 0 Å². The zero-order valence-electron chi connectivity index (χ0n) is 8.98. The number of fused-ring (bicyclic) bond motifs is 1. The van der Waals surface area contributed by atoms with Gasteiger partial charge in [0.05, 0.1) is 12.3 Å². The molecule has 0 atom stereocenters. The third-order valence-electron chi connectivity index (χ3n) is 2.92. The monoisotopic (exact) mass is 238 g/mol. The Morgan fingerprint density at radius 2 is 2.38 bits per heavy atom. The highest BCUT2D eigenvalue weighted by molar-refractivity contribution is 8.00. The van der Waals surface area contributed by atoms with Gasteiger partial charge in [0.15, 0.2) is 5.82 Å². The molecule has 2 aliphatic heterocycles. The van der Waals surface area contributed by atoms with Crippen molar-refractivity contribution in [3.8, 4) is 0 Å². The van der Waals surface area contributed by atoms with E-state index in [9.17, 15) is 4.79 Å². The Morgan fingerprint density at radius 3 is 3.19 bits per heavy atom. The Kier molecular flexibility index (Phi) is 2.61. The fourth-order valence-corrected chi connectivity index (χ4v) is 2.85. The van der Waals surface area contributed by atoms with Crippen molar-refractivity contribution in [2.75, 3.05) is 29.5 Å². The fourth-order valence-electron chi connectivity index (χ4n) is 2.06. The lowest BCUT2D eigenvalue weighted by molar-refractivity contribution is -0.116. The maximum Gasteiger partial charge on any atom is 0.238 e. The molecule has 6 heteroatoms. The Hall–Kier alpha value is -1.01. The average Bonchev–Trinajstić information content (AvgIpc) is 2.73. The van der Waals surface area contributed by atoms with E-state index in [0.717, 1.165) is 43.6 Å². The molecule has 1 aromatic heterocycles. The lowest BCUT2D eigenvalue weighted by Gasteiger charge is -2.23. The van der Waals surface area contributed by atoms with E-state index in [-0.39, 0.29) is 5.91 Å². The number of imidazole rings is 1. The molecule has 0 spiro atoms. The van der Waals surface area contributed by atoms with E-state index >= 15 is 0 Å². The number of carbonyl (C=O) groups excluding carboxylic acids is 1. The lowest BCUT2D eigenvalue weighted by Crippen LogP contribution is -2.38. The van der Waals surface area contributed by atoms with Gasteiger partial charge in [0.25, 0.3) is 0 Å². The molecule has 2 aliphatic rings. The van der Waals surface area contributed by atoms with Crippen LogP contribution < -0.4 is 10.2 Å². The molecule has 0 radical (unpaired) electrons. The highest BCUT2D eigenvalue weighted by Gasteiger charge is 2.23. The summed E-state index contributed by atoms with van der Waals surface area (Å²) in [5, 5.41) is 3.28. The summed E-state index contributed by atoms with van der Waals surface area (Å²) >= 11 is 1.70. The predicted octanol–water partition coefficient (Wildman–Crippen LogP) is 0.0661. The van der Waals surface area contributed by atoms with Gasteiger partial charge in [0.2, 0.25) is 5.91 Å². The van der Waals surface area contributed by atoms with Gasteiger partial charge in [-0.2, -0.15) is 11.8 Å². The van der Waals surface area contributed by atoms with Crippen molar-refractivity contribution in [3.63, 3.8) is 0 Å². The van der Waals surface area contributed by atoms with Gasteiger partial charge in [-0.15, -0.1) is 0 Å². The smallest absolute Gasteiger partial charge is 0.238 e. The van der Waals surface area contributed by atoms with Crippen LogP contribution in [-0.4, -0.2) is 40.1 Å². The molecule has 0 aliphatic carbocycles. The molecule has 1 fully saturated rings. The molecule has 3 rings (SSSR count). The molecule has 1 saturated heterocycles. The maximum absolute atomic E-state index is 11.7. The second-order valence-electron chi connectivity index (χ2n) is 3.98. The van der Waals surface area contributed by atoms with Crippen molar-refractivity contribution in [3.05, 3.63) is 12.0 Å². The molecule has 5 nitrogen and oxygen atoms in total. The van der Waals surface area contributed by atoms with Gasteiger partial charge >= 0.3 is 0 Å². The van der Waals surface area contributed by atoms with Gasteiger partial charge in [-0.25, -0.2) is 4.98 Å². The SMILES string of the molecule is O=C1CSCCN1c1cn2c(n1)CNCC2. The molecule has 3 heterocycles. The van der Waals surface area contributed by atoms with Crippen molar-refractivity contribution in [1.29, 1.82) is 0 Å². The van der Waals surface area contributed by atoms with Crippen molar-refractivity contribution in [2.45, 2.75) is 13.1 Å². The molecule has 0 unspecified atom stereocenters. The van der Waals surface area contributed by atoms with Crippen LogP contribution in [0.15, 0.2) is 6.20 Å². The van der Waals surface area contributed by atoms with Crippen LogP contribution in [0, 0.1) is 0 Å². The maximum atomic E-state index is 11.7. The average molecular weight is 238 g/mol. The molecule has 16 heavy (non-hydrogen) atoms. The molecule has 0 bridgehead atoms. The van der Waals surface area contributed by atoms with Crippen LogP contribution in [0.4, 0.5) is 5.82 Å². The number of nitrogens with zero attached hydrogens (tertiary/aromatic N) is 3. The number of hydrogen-bond acceptors (Lipinski definition) is 4. The first-order valence-corrected chi connectivity index (χ1v) is 6.65. The number of aromatic nitrogens is 2. The number of amides is 1. The lowest BCUT2D eigenvalue weighted by atomic mass is 10.4. The van der Waals surface area contributed by atoms with Crippen molar-refractivity contribution in [2.24, 2.45) is 0 Å². The quantitative estimate of drug-likeness (QED) is 0.752. The summed E-state index contributed by atoms with van der Waals surface area (Å²) in [4.78, 5) is 18.1. The molecular weight excluding hydrogens is 224 g/mol. The zero-order valence-corrected chi connectivity index (χ0v) is 9.79. The molecule has 1 N–H and O–H groups in total. The summed E-state index contributed by atoms with van der Waals surface area (Å²) < 4.78 is 2.14. The first-order valence-electron chi connectivity index (χ1n) is 5.49. The van der Waals surface area contributed by atoms with Gasteiger partial charge in [-0.05, 0) is 0 Å². The zero-order chi connectivity index (χ0) is 11.0. The molecule has 0 saturated carbocycles. The van der Waals surface area contributed by atoms with Gasteiger partial charge in [0.1, 0.15) is 5.82 Å². The molecule has 1 amide bonds. The third kappa shape index (κ3) is 1.72. The largest absolute Gasteiger partial charge is 0.330 e. The predicted molar refractivity (Wildman–Crippen MR) is 63.6 cm³/mol. The van der Waals surface area contributed by atoms with Crippen LogP contribution in [0.3, 0.4) is 0 Å². The second kappa shape index (κ2) is 4.10. The first kappa shape index (κ1) is 10.2. The molecular formula is C10H14N4OS. The van der Waals surface area contributed by atoms with E-state index in [2.05, 4.69) is 14.9 Å². The summed E-state index contributed by atoms with van der Waals surface area (Å²) in [6, 6.07) is 0. The van der Waals surface area contributed by atoms with E-state index in [4.69, 9.17) is 0 Å². The molecule has 86 valence electrons. The topological polar surface area (TPSA) is 50.2 Å². The number of hydrogen-bond donors (Lipinski definition) is 1. The van der Waals surface area contributed by atoms with Crippen LogP contribution in [-0.2, 0) is 17.9 Å². The Labute approximate surface area is 98.2 Å². The fraction of sp³-hybridized carbons (Fsp3) is 0.600. The van der Waals surface area contributed by atoms with Crippen LogP contribution in [0.1, 0.15) is 5.82 Å². The van der Waals surface area contributed by atoms with Crippen molar-refractivity contribution < 1.29 is 4.79 Å². The van der Waals surface area contributed by atoms with Crippen LogP contribution in [0.2, 0.25) is 0 Å². The summed E-state index contributed by atoms with van der Waals surface area (Å²) in [5.41, 5.74) is 0. The normalized spacial score (nSPS) is 21.0. The number of carbonyl (C=O) groups is 1. The van der Waals surface area contributed by atoms with Crippen molar-refractivity contribution in [1.82, 2.24) is 14.9 Å². The standard InChI is InChI=1S/C10H14N4OS/c15-10-7-16-4-3-14(10)9-6-13-2-1-11-5-8(13)12-9/h6,11H,1-5,7H2. The number of nitrogens with one attached hydrogen (secondary N) is 1. The van der Waals surface area contributed by atoms with E-state index in [1.165, 1.54) is 0 Å². The second-order valence-corrected chi connectivity index (χ2v) is 5.09.